The lowest BCUT2D eigenvalue weighted by Crippen LogP contribution is -2.52. The SMILES string of the molecule is CC[C@H](C)NC(=O)[C@@H](C)N(Cc1ccc(Br)cc1)C(=O)CN(c1cc(C)cc(C)c1)S(=O)(=O)c1ccc(C)cc1. The monoisotopic (exact) mass is 627 g/mol. The van der Waals surface area contributed by atoms with Crippen molar-refractivity contribution in [3.63, 3.8) is 0 Å². The molecule has 0 unspecified atom stereocenters. The molecule has 0 radical (unpaired) electrons. The molecule has 0 aliphatic rings. The molecular formula is C31H38BrN3O4S. The van der Waals surface area contributed by atoms with Crippen molar-refractivity contribution in [3.8, 4) is 0 Å². The molecule has 0 aliphatic heterocycles. The number of carbonyl (C=O) groups is 2. The fourth-order valence-corrected chi connectivity index (χ4v) is 5.96. The van der Waals surface area contributed by atoms with Gasteiger partial charge in [-0.2, -0.15) is 0 Å². The molecule has 0 bridgehead atoms. The fourth-order valence-electron chi connectivity index (χ4n) is 4.30. The van der Waals surface area contributed by atoms with Crippen LogP contribution in [0.4, 0.5) is 5.69 Å². The van der Waals surface area contributed by atoms with E-state index < -0.39 is 28.5 Å². The van der Waals surface area contributed by atoms with Crippen molar-refractivity contribution in [1.29, 1.82) is 0 Å². The molecule has 0 spiro atoms. The number of nitrogens with zero attached hydrogens (tertiary/aromatic N) is 2. The molecule has 214 valence electrons. The Kier molecular flexibility index (Phi) is 10.6. The lowest BCUT2D eigenvalue weighted by atomic mass is 10.1. The number of aryl methyl sites for hydroxylation is 3. The van der Waals surface area contributed by atoms with Crippen molar-refractivity contribution in [1.82, 2.24) is 10.2 Å². The number of halogens is 1. The molecule has 3 aromatic carbocycles. The van der Waals surface area contributed by atoms with Crippen LogP contribution in [0.15, 0.2) is 76.1 Å². The summed E-state index contributed by atoms with van der Waals surface area (Å²) in [5, 5.41) is 2.95. The van der Waals surface area contributed by atoms with Crippen LogP contribution in [0.2, 0.25) is 0 Å². The van der Waals surface area contributed by atoms with E-state index in [1.54, 1.807) is 43.3 Å². The predicted molar refractivity (Wildman–Crippen MR) is 164 cm³/mol. The van der Waals surface area contributed by atoms with Crippen molar-refractivity contribution in [2.75, 3.05) is 10.8 Å². The molecule has 0 fully saturated rings. The van der Waals surface area contributed by atoms with Crippen LogP contribution in [0.3, 0.4) is 0 Å². The van der Waals surface area contributed by atoms with Gasteiger partial charge in [-0.25, -0.2) is 8.42 Å². The first kappa shape index (κ1) is 31.4. The normalized spacial score (nSPS) is 12.9. The molecule has 0 saturated heterocycles. The average Bonchev–Trinajstić information content (AvgIpc) is 2.90. The summed E-state index contributed by atoms with van der Waals surface area (Å²) in [6.07, 6.45) is 0.744. The second-order valence-electron chi connectivity index (χ2n) is 10.3. The van der Waals surface area contributed by atoms with Crippen molar-refractivity contribution in [3.05, 3.63) is 93.5 Å². The Morgan fingerprint density at radius 1 is 0.875 bits per heavy atom. The smallest absolute Gasteiger partial charge is 0.264 e. The maximum atomic E-state index is 14.0. The highest BCUT2D eigenvalue weighted by Crippen LogP contribution is 2.27. The molecule has 40 heavy (non-hydrogen) atoms. The van der Waals surface area contributed by atoms with Gasteiger partial charge in [-0.15, -0.1) is 0 Å². The van der Waals surface area contributed by atoms with Gasteiger partial charge in [-0.1, -0.05) is 58.7 Å². The van der Waals surface area contributed by atoms with Crippen LogP contribution in [0.25, 0.3) is 0 Å². The van der Waals surface area contributed by atoms with E-state index in [4.69, 9.17) is 0 Å². The zero-order valence-corrected chi connectivity index (χ0v) is 26.3. The molecule has 3 rings (SSSR count). The van der Waals surface area contributed by atoms with E-state index in [0.29, 0.717) is 5.69 Å². The van der Waals surface area contributed by atoms with Gasteiger partial charge in [-0.3, -0.25) is 13.9 Å². The molecule has 0 heterocycles. The van der Waals surface area contributed by atoms with Gasteiger partial charge < -0.3 is 10.2 Å². The number of anilines is 1. The van der Waals surface area contributed by atoms with E-state index >= 15 is 0 Å². The van der Waals surface area contributed by atoms with Crippen LogP contribution < -0.4 is 9.62 Å². The third-order valence-electron chi connectivity index (χ3n) is 6.82. The lowest BCUT2D eigenvalue weighted by Gasteiger charge is -2.32. The van der Waals surface area contributed by atoms with Crippen LogP contribution in [0, 0.1) is 20.8 Å². The first-order chi connectivity index (χ1) is 18.8. The van der Waals surface area contributed by atoms with Crippen molar-refractivity contribution < 1.29 is 18.0 Å². The van der Waals surface area contributed by atoms with Crippen LogP contribution in [0.1, 0.15) is 49.4 Å². The summed E-state index contributed by atoms with van der Waals surface area (Å²) < 4.78 is 30.0. The van der Waals surface area contributed by atoms with Crippen molar-refractivity contribution in [2.24, 2.45) is 0 Å². The second-order valence-corrected chi connectivity index (χ2v) is 13.1. The third kappa shape index (κ3) is 7.95. The average molecular weight is 629 g/mol. The number of carbonyl (C=O) groups excluding carboxylic acids is 2. The highest BCUT2D eigenvalue weighted by atomic mass is 79.9. The Bertz CT molecular complexity index is 1420. The largest absolute Gasteiger partial charge is 0.352 e. The van der Waals surface area contributed by atoms with Crippen LogP contribution >= 0.6 is 15.9 Å². The number of benzene rings is 3. The molecule has 0 aromatic heterocycles. The highest BCUT2D eigenvalue weighted by Gasteiger charge is 2.33. The zero-order chi connectivity index (χ0) is 29.6. The van der Waals surface area contributed by atoms with Gasteiger partial charge in [0.25, 0.3) is 10.0 Å². The molecule has 0 aliphatic carbocycles. The van der Waals surface area contributed by atoms with E-state index in [2.05, 4.69) is 21.2 Å². The molecular weight excluding hydrogens is 590 g/mol. The van der Waals surface area contributed by atoms with Gasteiger partial charge in [0, 0.05) is 17.1 Å². The van der Waals surface area contributed by atoms with E-state index in [9.17, 15) is 18.0 Å². The first-order valence-corrected chi connectivity index (χ1v) is 15.6. The summed E-state index contributed by atoms with van der Waals surface area (Å²) in [5.74, 6) is -0.774. The summed E-state index contributed by atoms with van der Waals surface area (Å²) in [5.41, 5.74) is 3.89. The summed E-state index contributed by atoms with van der Waals surface area (Å²) in [6.45, 7) is 10.9. The van der Waals surface area contributed by atoms with Crippen LogP contribution in [-0.2, 0) is 26.2 Å². The number of sulfonamides is 1. The Morgan fingerprint density at radius 2 is 1.45 bits per heavy atom. The zero-order valence-electron chi connectivity index (χ0n) is 23.9. The number of hydrogen-bond donors (Lipinski definition) is 1. The minimum absolute atomic E-state index is 0.0618. The Hall–Kier alpha value is -3.17. The van der Waals surface area contributed by atoms with Gasteiger partial charge in [-0.05, 0) is 94.1 Å². The van der Waals surface area contributed by atoms with Gasteiger partial charge >= 0.3 is 0 Å². The van der Waals surface area contributed by atoms with Gasteiger partial charge in [0.1, 0.15) is 12.6 Å². The highest BCUT2D eigenvalue weighted by molar-refractivity contribution is 9.10. The Labute approximate surface area is 246 Å². The first-order valence-electron chi connectivity index (χ1n) is 13.3. The maximum Gasteiger partial charge on any atom is 0.264 e. The molecule has 9 heteroatoms. The third-order valence-corrected chi connectivity index (χ3v) is 9.13. The Balaban J connectivity index is 2.05. The molecule has 3 aromatic rings. The van der Waals surface area contributed by atoms with Crippen LogP contribution in [0.5, 0.6) is 0 Å². The van der Waals surface area contributed by atoms with Crippen molar-refractivity contribution in [2.45, 2.75) is 71.5 Å². The molecule has 1 N–H and O–H groups in total. The van der Waals surface area contributed by atoms with Gasteiger partial charge in [0.2, 0.25) is 11.8 Å². The number of nitrogens with one attached hydrogen (secondary N) is 1. The lowest BCUT2D eigenvalue weighted by molar-refractivity contribution is -0.139. The van der Waals surface area contributed by atoms with Gasteiger partial charge in [0.15, 0.2) is 0 Å². The van der Waals surface area contributed by atoms with Crippen LogP contribution in [-0.4, -0.2) is 43.8 Å². The standard InChI is InChI=1S/C31H38BrN3O4S/c1-7-24(5)33-31(37)25(6)34(19-26-10-12-27(32)13-11-26)30(36)20-35(28-17-22(3)16-23(4)18-28)40(38,39)29-14-8-21(2)9-15-29/h8-18,24-25H,7,19-20H2,1-6H3,(H,33,37)/t24-,25+/m0/s1. The summed E-state index contributed by atoms with van der Waals surface area (Å²) >= 11 is 3.43. The van der Waals surface area contributed by atoms with Gasteiger partial charge in [0.05, 0.1) is 10.6 Å². The van der Waals surface area contributed by atoms with E-state index in [-0.39, 0.29) is 23.4 Å². The number of amides is 2. The topological polar surface area (TPSA) is 86.8 Å². The molecule has 0 saturated carbocycles. The maximum absolute atomic E-state index is 14.0. The fraction of sp³-hybridized carbons (Fsp3) is 0.355. The molecule has 2 atom stereocenters. The minimum Gasteiger partial charge on any atom is -0.352 e. The minimum atomic E-state index is -4.10. The summed E-state index contributed by atoms with van der Waals surface area (Å²) in [7, 11) is -4.10. The quantitative estimate of drug-likeness (QED) is 0.287. The van der Waals surface area contributed by atoms with E-state index in [1.165, 1.54) is 4.90 Å². The summed E-state index contributed by atoms with van der Waals surface area (Å²) in [6, 6.07) is 18.6. The Morgan fingerprint density at radius 3 is 2.00 bits per heavy atom. The predicted octanol–water partition coefficient (Wildman–Crippen LogP) is 5.90. The second kappa shape index (κ2) is 13.5. The van der Waals surface area contributed by atoms with E-state index in [1.807, 2.05) is 65.0 Å². The summed E-state index contributed by atoms with van der Waals surface area (Å²) in [4.78, 5) is 28.7. The molecule has 7 nitrogen and oxygen atoms in total. The number of hydrogen-bond acceptors (Lipinski definition) is 4. The van der Waals surface area contributed by atoms with E-state index in [0.717, 1.165) is 37.5 Å². The van der Waals surface area contributed by atoms with Crippen molar-refractivity contribution >= 4 is 43.5 Å². The molecule has 2 amide bonds. The number of rotatable bonds is 11.